The maximum atomic E-state index is 13.9. The van der Waals surface area contributed by atoms with Crippen molar-refractivity contribution in [3.63, 3.8) is 0 Å². The average molecular weight is 356 g/mol. The fourth-order valence-electron chi connectivity index (χ4n) is 3.76. The predicted molar refractivity (Wildman–Crippen MR) is 98.8 cm³/mol. The Labute approximate surface area is 153 Å². The van der Waals surface area contributed by atoms with E-state index in [0.717, 1.165) is 49.5 Å². The summed E-state index contributed by atoms with van der Waals surface area (Å²) in [6.45, 7) is 5.85. The van der Waals surface area contributed by atoms with Gasteiger partial charge in [-0.15, -0.1) is 0 Å². The summed E-state index contributed by atoms with van der Waals surface area (Å²) in [4.78, 5) is 2.34. The van der Waals surface area contributed by atoms with Gasteiger partial charge in [-0.3, -0.25) is 4.90 Å². The van der Waals surface area contributed by atoms with Gasteiger partial charge < -0.3 is 14.8 Å². The van der Waals surface area contributed by atoms with Gasteiger partial charge in [0.1, 0.15) is 5.82 Å². The Morgan fingerprint density at radius 1 is 1.15 bits per heavy atom. The number of rotatable bonds is 5. The zero-order valence-corrected chi connectivity index (χ0v) is 15.1. The van der Waals surface area contributed by atoms with Crippen molar-refractivity contribution in [3.05, 3.63) is 58.9 Å². The first kappa shape index (κ1) is 17.3. The molecule has 1 atom stereocenters. The van der Waals surface area contributed by atoms with Gasteiger partial charge in [0.05, 0.1) is 0 Å². The Hall–Kier alpha value is -2.11. The first-order chi connectivity index (χ1) is 12.7. The highest BCUT2D eigenvalue weighted by Crippen LogP contribution is 2.34. The van der Waals surface area contributed by atoms with Crippen molar-refractivity contribution in [3.8, 4) is 11.5 Å². The Balaban J connectivity index is 1.35. The molecule has 0 bridgehead atoms. The molecule has 2 heterocycles. The van der Waals surface area contributed by atoms with Crippen molar-refractivity contribution in [1.29, 1.82) is 0 Å². The van der Waals surface area contributed by atoms with Crippen molar-refractivity contribution in [1.82, 2.24) is 10.2 Å². The van der Waals surface area contributed by atoms with Crippen molar-refractivity contribution < 1.29 is 13.9 Å². The number of piperidine rings is 1. The van der Waals surface area contributed by atoms with Crippen LogP contribution in [0.3, 0.4) is 0 Å². The summed E-state index contributed by atoms with van der Waals surface area (Å²) in [5.41, 5.74) is 3.22. The number of hydrogen-bond acceptors (Lipinski definition) is 4. The number of nitrogens with one attached hydrogen (secondary N) is 1. The van der Waals surface area contributed by atoms with Gasteiger partial charge in [-0.25, -0.2) is 4.39 Å². The molecule has 1 fully saturated rings. The first-order valence-electron chi connectivity index (χ1n) is 9.27. The van der Waals surface area contributed by atoms with Crippen LogP contribution in [0.25, 0.3) is 0 Å². The lowest BCUT2D eigenvalue weighted by molar-refractivity contribution is 0.174. The van der Waals surface area contributed by atoms with Crippen molar-refractivity contribution in [2.75, 3.05) is 19.9 Å². The van der Waals surface area contributed by atoms with Gasteiger partial charge in [-0.1, -0.05) is 18.2 Å². The Kier molecular flexibility index (Phi) is 5.09. The van der Waals surface area contributed by atoms with E-state index >= 15 is 0 Å². The monoisotopic (exact) mass is 356 g/mol. The molecule has 2 aromatic carbocycles. The summed E-state index contributed by atoms with van der Waals surface area (Å²) in [5, 5.41) is 3.67. The van der Waals surface area contributed by atoms with Crippen LogP contribution in [0.1, 0.15) is 29.5 Å². The molecule has 2 aliphatic rings. The van der Waals surface area contributed by atoms with E-state index in [4.69, 9.17) is 9.47 Å². The van der Waals surface area contributed by atoms with E-state index in [0.29, 0.717) is 19.4 Å². The largest absolute Gasteiger partial charge is 0.454 e. The second-order valence-electron chi connectivity index (χ2n) is 7.18. The van der Waals surface area contributed by atoms with Crippen molar-refractivity contribution in [2.24, 2.45) is 0 Å². The minimum Gasteiger partial charge on any atom is -0.454 e. The lowest BCUT2D eigenvalue weighted by Crippen LogP contribution is -2.45. The fraction of sp³-hybridized carbons (Fsp3) is 0.429. The summed E-state index contributed by atoms with van der Waals surface area (Å²) in [6.07, 6.45) is 2.28. The molecule has 0 unspecified atom stereocenters. The van der Waals surface area contributed by atoms with E-state index < -0.39 is 0 Å². The van der Waals surface area contributed by atoms with Crippen LogP contribution in [-0.2, 0) is 13.1 Å². The van der Waals surface area contributed by atoms with Crippen LogP contribution in [-0.4, -0.2) is 30.8 Å². The average Bonchev–Trinajstić information content (AvgIpc) is 3.09. The number of nitrogens with zero attached hydrogens (tertiary/aromatic N) is 1. The Morgan fingerprint density at radius 3 is 2.81 bits per heavy atom. The zero-order chi connectivity index (χ0) is 17.9. The molecule has 0 radical (unpaired) electrons. The van der Waals surface area contributed by atoms with E-state index in [1.54, 1.807) is 6.07 Å². The molecule has 0 saturated carbocycles. The number of ether oxygens (including phenoxy) is 2. The smallest absolute Gasteiger partial charge is 0.231 e. The molecule has 0 aromatic heterocycles. The Bertz CT molecular complexity index is 781. The van der Waals surface area contributed by atoms with E-state index in [-0.39, 0.29) is 5.82 Å². The van der Waals surface area contributed by atoms with Crippen LogP contribution in [0.5, 0.6) is 11.5 Å². The minimum atomic E-state index is -0.112. The Morgan fingerprint density at radius 2 is 1.96 bits per heavy atom. The molecule has 4 nitrogen and oxygen atoms in total. The number of benzene rings is 2. The van der Waals surface area contributed by atoms with Crippen LogP contribution in [0, 0.1) is 12.7 Å². The second kappa shape index (κ2) is 7.64. The van der Waals surface area contributed by atoms with Gasteiger partial charge in [0.25, 0.3) is 0 Å². The maximum Gasteiger partial charge on any atom is 0.231 e. The third-order valence-electron chi connectivity index (χ3n) is 5.27. The van der Waals surface area contributed by atoms with Crippen molar-refractivity contribution in [2.45, 2.75) is 38.9 Å². The summed E-state index contributed by atoms with van der Waals surface area (Å²) in [5.74, 6) is 1.55. The number of fused-ring (bicyclic) bond motifs is 1. The number of likely N-dealkylation sites (tertiary alicyclic amines) is 1. The molecule has 1 N–H and O–H groups in total. The molecule has 2 aliphatic heterocycles. The molecule has 1 saturated heterocycles. The molecule has 2 aromatic rings. The van der Waals surface area contributed by atoms with E-state index in [1.165, 1.54) is 17.2 Å². The molecule has 5 heteroatoms. The number of halogens is 1. The van der Waals surface area contributed by atoms with Gasteiger partial charge in [-0.05, 0) is 55.6 Å². The molecule has 138 valence electrons. The second-order valence-corrected chi connectivity index (χ2v) is 7.18. The minimum absolute atomic E-state index is 0.112. The third-order valence-corrected chi connectivity index (χ3v) is 5.27. The molecular weight excluding hydrogens is 331 g/mol. The van der Waals surface area contributed by atoms with Gasteiger partial charge in [-0.2, -0.15) is 0 Å². The molecule has 4 rings (SSSR count). The number of aryl methyl sites for hydroxylation is 1. The summed E-state index contributed by atoms with van der Waals surface area (Å²) >= 11 is 0. The molecule has 0 amide bonds. The SMILES string of the molecule is Cc1cc2c(cc1CN[C@H]1CCCN(Cc3ccccc3F)C1)OCO2. The van der Waals surface area contributed by atoms with E-state index in [9.17, 15) is 4.39 Å². The van der Waals surface area contributed by atoms with Crippen LogP contribution in [0.4, 0.5) is 4.39 Å². The lowest BCUT2D eigenvalue weighted by atomic mass is 10.0. The summed E-state index contributed by atoms with van der Waals surface area (Å²) in [6, 6.07) is 11.6. The number of hydrogen-bond donors (Lipinski definition) is 1. The van der Waals surface area contributed by atoms with Gasteiger partial charge in [0.2, 0.25) is 6.79 Å². The predicted octanol–water partition coefficient (Wildman–Crippen LogP) is 3.62. The van der Waals surface area contributed by atoms with Gasteiger partial charge >= 0.3 is 0 Å². The third kappa shape index (κ3) is 3.84. The van der Waals surface area contributed by atoms with Gasteiger partial charge in [0.15, 0.2) is 11.5 Å². The summed E-state index contributed by atoms with van der Waals surface area (Å²) < 4.78 is 24.8. The standard InChI is InChI=1S/C21H25FN2O2/c1-15-9-20-21(26-14-25-20)10-17(15)11-23-18-6-4-8-24(13-18)12-16-5-2-3-7-19(16)22/h2-3,5,7,9-10,18,23H,4,6,8,11-14H2,1H3/t18-/m0/s1. The molecule has 26 heavy (non-hydrogen) atoms. The quantitative estimate of drug-likeness (QED) is 0.887. The van der Waals surface area contributed by atoms with Gasteiger partial charge in [0, 0.05) is 31.2 Å². The fourth-order valence-corrected chi connectivity index (χ4v) is 3.76. The van der Waals surface area contributed by atoms with Crippen LogP contribution < -0.4 is 14.8 Å². The van der Waals surface area contributed by atoms with Crippen molar-refractivity contribution >= 4 is 0 Å². The highest BCUT2D eigenvalue weighted by atomic mass is 19.1. The molecule has 0 aliphatic carbocycles. The lowest BCUT2D eigenvalue weighted by Gasteiger charge is -2.33. The normalized spacial score (nSPS) is 19.7. The van der Waals surface area contributed by atoms with Crippen LogP contribution in [0.15, 0.2) is 36.4 Å². The molecular formula is C21H25FN2O2. The molecule has 0 spiro atoms. The first-order valence-corrected chi connectivity index (χ1v) is 9.27. The van der Waals surface area contributed by atoms with E-state index in [2.05, 4.69) is 23.2 Å². The topological polar surface area (TPSA) is 33.7 Å². The highest BCUT2D eigenvalue weighted by Gasteiger charge is 2.21. The maximum absolute atomic E-state index is 13.9. The highest BCUT2D eigenvalue weighted by molar-refractivity contribution is 5.48. The summed E-state index contributed by atoms with van der Waals surface area (Å²) in [7, 11) is 0. The van der Waals surface area contributed by atoms with Crippen LogP contribution in [0.2, 0.25) is 0 Å². The van der Waals surface area contributed by atoms with Crippen LogP contribution >= 0.6 is 0 Å². The zero-order valence-electron chi connectivity index (χ0n) is 15.1. The van der Waals surface area contributed by atoms with E-state index in [1.807, 2.05) is 18.2 Å².